The van der Waals surface area contributed by atoms with E-state index in [1.165, 1.54) is 32.1 Å². The first-order chi connectivity index (χ1) is 6.68. The fourth-order valence-electron chi connectivity index (χ4n) is 1.85. The molecule has 1 unspecified atom stereocenters. The summed E-state index contributed by atoms with van der Waals surface area (Å²) < 4.78 is 0. The quantitative estimate of drug-likeness (QED) is 0.563. The Hall–Kier alpha value is -0.0800. The largest absolute Gasteiger partial charge is 0.396 e. The molecule has 0 amide bonds. The smallest absolute Gasteiger partial charge is 0.0448 e. The molecular weight excluding hydrogens is 174 g/mol. The van der Waals surface area contributed by atoms with Crippen LogP contribution in [0.3, 0.4) is 0 Å². The summed E-state index contributed by atoms with van der Waals surface area (Å²) in [6.07, 6.45) is 8.98. The van der Waals surface area contributed by atoms with Crippen LogP contribution in [0.4, 0.5) is 0 Å². The van der Waals surface area contributed by atoms with Crippen LogP contribution in [0.25, 0.3) is 0 Å². The first-order valence-corrected chi connectivity index (χ1v) is 6.08. The predicted molar refractivity (Wildman–Crippen MR) is 62.3 cm³/mol. The standard InChI is InChI=1S/C12H27NO/c1-3-5-7-9-12(13,10-11-14)8-6-4-2/h14H,3-11,13H2,1-2H3. The van der Waals surface area contributed by atoms with E-state index < -0.39 is 0 Å². The minimum absolute atomic E-state index is 0.0973. The minimum atomic E-state index is -0.0973. The molecule has 0 aliphatic rings. The molecule has 86 valence electrons. The van der Waals surface area contributed by atoms with Crippen molar-refractivity contribution in [3.05, 3.63) is 0 Å². The molecule has 3 N–H and O–H groups in total. The molecule has 2 heteroatoms. The van der Waals surface area contributed by atoms with Gasteiger partial charge in [-0.2, -0.15) is 0 Å². The zero-order valence-corrected chi connectivity index (χ0v) is 9.89. The molecule has 0 aromatic carbocycles. The van der Waals surface area contributed by atoms with Crippen molar-refractivity contribution in [2.24, 2.45) is 5.73 Å². The Morgan fingerprint density at radius 2 is 1.50 bits per heavy atom. The molecular formula is C12H27NO. The van der Waals surface area contributed by atoms with Crippen molar-refractivity contribution >= 4 is 0 Å². The number of nitrogens with two attached hydrogens (primary N) is 1. The molecule has 0 fully saturated rings. The normalized spacial score (nSPS) is 15.4. The second-order valence-corrected chi connectivity index (χ2v) is 4.40. The third-order valence-corrected chi connectivity index (χ3v) is 2.92. The Balaban J connectivity index is 3.82. The van der Waals surface area contributed by atoms with Gasteiger partial charge in [0, 0.05) is 12.1 Å². The zero-order chi connectivity index (χ0) is 10.9. The van der Waals surface area contributed by atoms with Crippen molar-refractivity contribution in [2.75, 3.05) is 6.61 Å². The van der Waals surface area contributed by atoms with Crippen LogP contribution in [-0.4, -0.2) is 17.3 Å². The summed E-state index contributed by atoms with van der Waals surface area (Å²) in [7, 11) is 0. The van der Waals surface area contributed by atoms with Crippen LogP contribution in [0.5, 0.6) is 0 Å². The Morgan fingerprint density at radius 3 is 2.00 bits per heavy atom. The number of aliphatic hydroxyl groups excluding tert-OH is 1. The van der Waals surface area contributed by atoms with Crippen LogP contribution >= 0.6 is 0 Å². The van der Waals surface area contributed by atoms with E-state index in [1.54, 1.807) is 0 Å². The van der Waals surface area contributed by atoms with Gasteiger partial charge in [0.15, 0.2) is 0 Å². The maximum absolute atomic E-state index is 8.98. The molecule has 1 atom stereocenters. The van der Waals surface area contributed by atoms with Crippen LogP contribution in [0.2, 0.25) is 0 Å². The molecule has 0 aromatic heterocycles. The van der Waals surface area contributed by atoms with Gasteiger partial charge in [-0.1, -0.05) is 46.0 Å². The molecule has 0 spiro atoms. The zero-order valence-electron chi connectivity index (χ0n) is 9.89. The monoisotopic (exact) mass is 201 g/mol. The Labute approximate surface area is 88.9 Å². The van der Waals surface area contributed by atoms with Crippen LogP contribution in [0, 0.1) is 0 Å². The van der Waals surface area contributed by atoms with Crippen LogP contribution in [-0.2, 0) is 0 Å². The number of hydrogen-bond donors (Lipinski definition) is 2. The van der Waals surface area contributed by atoms with Gasteiger partial charge >= 0.3 is 0 Å². The Kier molecular flexibility index (Phi) is 8.20. The molecule has 0 rings (SSSR count). The maximum atomic E-state index is 8.98. The summed E-state index contributed by atoms with van der Waals surface area (Å²) in [4.78, 5) is 0. The fraction of sp³-hybridized carbons (Fsp3) is 1.00. The van der Waals surface area contributed by atoms with Gasteiger partial charge in [0.05, 0.1) is 0 Å². The van der Waals surface area contributed by atoms with Crippen molar-refractivity contribution in [1.82, 2.24) is 0 Å². The summed E-state index contributed by atoms with van der Waals surface area (Å²) in [5.74, 6) is 0. The molecule has 2 nitrogen and oxygen atoms in total. The lowest BCUT2D eigenvalue weighted by atomic mass is 9.85. The van der Waals surface area contributed by atoms with E-state index in [0.717, 1.165) is 19.3 Å². The highest BCUT2D eigenvalue weighted by molar-refractivity contribution is 4.83. The highest BCUT2D eigenvalue weighted by atomic mass is 16.3. The van der Waals surface area contributed by atoms with Gasteiger partial charge < -0.3 is 10.8 Å². The average Bonchev–Trinajstić information content (AvgIpc) is 2.16. The molecule has 0 bridgehead atoms. The maximum Gasteiger partial charge on any atom is 0.0448 e. The lowest BCUT2D eigenvalue weighted by Crippen LogP contribution is -2.40. The van der Waals surface area contributed by atoms with Gasteiger partial charge in [-0.05, 0) is 19.3 Å². The molecule has 0 aromatic rings. The summed E-state index contributed by atoms with van der Waals surface area (Å²) in [5, 5.41) is 8.98. The Morgan fingerprint density at radius 1 is 0.929 bits per heavy atom. The highest BCUT2D eigenvalue weighted by Gasteiger charge is 2.22. The number of aliphatic hydroxyl groups is 1. The molecule has 0 saturated carbocycles. The topological polar surface area (TPSA) is 46.2 Å². The van der Waals surface area contributed by atoms with Gasteiger partial charge in [0.1, 0.15) is 0 Å². The van der Waals surface area contributed by atoms with Crippen molar-refractivity contribution in [3.63, 3.8) is 0 Å². The lowest BCUT2D eigenvalue weighted by Gasteiger charge is -2.29. The van der Waals surface area contributed by atoms with Crippen molar-refractivity contribution in [3.8, 4) is 0 Å². The first-order valence-electron chi connectivity index (χ1n) is 6.08. The van der Waals surface area contributed by atoms with Gasteiger partial charge in [0.2, 0.25) is 0 Å². The molecule has 14 heavy (non-hydrogen) atoms. The predicted octanol–water partition coefficient (Wildman–Crippen LogP) is 2.84. The molecule has 0 saturated heterocycles. The molecule has 0 aliphatic heterocycles. The van der Waals surface area contributed by atoms with E-state index >= 15 is 0 Å². The van der Waals surface area contributed by atoms with E-state index in [9.17, 15) is 0 Å². The minimum Gasteiger partial charge on any atom is -0.396 e. The van der Waals surface area contributed by atoms with Crippen molar-refractivity contribution in [2.45, 2.75) is 70.8 Å². The number of hydrogen-bond acceptors (Lipinski definition) is 2. The highest BCUT2D eigenvalue weighted by Crippen LogP contribution is 2.22. The van der Waals surface area contributed by atoms with E-state index in [4.69, 9.17) is 10.8 Å². The second-order valence-electron chi connectivity index (χ2n) is 4.40. The fourth-order valence-corrected chi connectivity index (χ4v) is 1.85. The van der Waals surface area contributed by atoms with Gasteiger partial charge in [-0.3, -0.25) is 0 Å². The van der Waals surface area contributed by atoms with Crippen molar-refractivity contribution < 1.29 is 5.11 Å². The van der Waals surface area contributed by atoms with Gasteiger partial charge in [-0.25, -0.2) is 0 Å². The molecule has 0 heterocycles. The van der Waals surface area contributed by atoms with Crippen LogP contribution < -0.4 is 5.73 Å². The number of unbranched alkanes of at least 4 members (excludes halogenated alkanes) is 3. The van der Waals surface area contributed by atoms with E-state index in [1.807, 2.05) is 0 Å². The third-order valence-electron chi connectivity index (χ3n) is 2.92. The summed E-state index contributed by atoms with van der Waals surface area (Å²) in [6.45, 7) is 4.62. The van der Waals surface area contributed by atoms with Gasteiger partial charge in [0.25, 0.3) is 0 Å². The third kappa shape index (κ3) is 6.39. The Bertz CT molecular complexity index is 127. The summed E-state index contributed by atoms with van der Waals surface area (Å²) >= 11 is 0. The van der Waals surface area contributed by atoms with Crippen LogP contribution in [0.15, 0.2) is 0 Å². The van der Waals surface area contributed by atoms with E-state index in [2.05, 4.69) is 13.8 Å². The van der Waals surface area contributed by atoms with Crippen molar-refractivity contribution in [1.29, 1.82) is 0 Å². The second kappa shape index (κ2) is 8.25. The molecule has 0 radical (unpaired) electrons. The van der Waals surface area contributed by atoms with E-state index in [-0.39, 0.29) is 12.1 Å². The lowest BCUT2D eigenvalue weighted by molar-refractivity contribution is 0.217. The summed E-state index contributed by atoms with van der Waals surface area (Å²) in [5.41, 5.74) is 6.18. The van der Waals surface area contributed by atoms with E-state index in [0.29, 0.717) is 0 Å². The average molecular weight is 201 g/mol. The number of rotatable bonds is 9. The van der Waals surface area contributed by atoms with Crippen LogP contribution in [0.1, 0.15) is 65.2 Å². The summed E-state index contributed by atoms with van der Waals surface area (Å²) in [6, 6.07) is 0. The first kappa shape index (κ1) is 13.9. The van der Waals surface area contributed by atoms with Gasteiger partial charge in [-0.15, -0.1) is 0 Å². The SMILES string of the molecule is CCCCCC(N)(CCO)CCCC. The molecule has 0 aliphatic carbocycles.